The van der Waals surface area contributed by atoms with Gasteiger partial charge in [0, 0.05) is 117 Å². The van der Waals surface area contributed by atoms with Gasteiger partial charge in [-0.3, -0.25) is 0 Å². The van der Waals surface area contributed by atoms with Crippen LogP contribution in [0.15, 0.2) is 303 Å². The van der Waals surface area contributed by atoms with Gasteiger partial charge in [-0.25, -0.2) is 29.9 Å². The number of nitrogens with zero attached hydrogens (tertiary/aromatic N) is 8. The number of para-hydroxylation sites is 1. The Morgan fingerprint density at radius 3 is 1.39 bits per heavy atom. The first kappa shape index (κ1) is 60.7. The van der Waals surface area contributed by atoms with Crippen molar-refractivity contribution >= 4 is 107 Å². The lowest BCUT2D eigenvalue weighted by atomic mass is 9.82. The molecule has 106 heavy (non-hydrogen) atoms. The highest BCUT2D eigenvalue weighted by atomic mass is 32.1. The van der Waals surface area contributed by atoms with Gasteiger partial charge in [-0.05, 0) is 159 Å². The van der Waals surface area contributed by atoms with E-state index in [1.807, 2.05) is 29.5 Å². The predicted molar refractivity (Wildman–Crippen MR) is 441 cm³/mol. The lowest BCUT2D eigenvalue weighted by molar-refractivity contribution is 0.660. The van der Waals surface area contributed by atoms with Crippen LogP contribution in [0.1, 0.15) is 49.9 Å². The quantitative estimate of drug-likeness (QED) is 0.143. The molecule has 10 heteroatoms. The second kappa shape index (κ2) is 22.8. The number of benzene rings is 14. The molecule has 6 aromatic heterocycles. The Bertz CT molecular complexity index is 7150. The van der Waals surface area contributed by atoms with Gasteiger partial charge in [-0.2, -0.15) is 0 Å². The van der Waals surface area contributed by atoms with E-state index in [1.54, 1.807) is 11.3 Å². The van der Waals surface area contributed by atoms with Crippen molar-refractivity contribution in [2.45, 2.75) is 38.5 Å². The lowest BCUT2D eigenvalue weighted by Gasteiger charge is -2.22. The molecule has 8 nitrogen and oxygen atoms in total. The molecule has 2 aliphatic rings. The van der Waals surface area contributed by atoms with Gasteiger partial charge >= 0.3 is 0 Å². The molecule has 0 amide bonds. The highest BCUT2D eigenvalue weighted by molar-refractivity contribution is 7.26. The third-order valence-corrected chi connectivity index (χ3v) is 24.9. The molecule has 22 rings (SSSR count). The third-order valence-electron chi connectivity index (χ3n) is 22.6. The first-order valence-corrected chi connectivity index (χ1v) is 37.8. The molecule has 0 saturated carbocycles. The van der Waals surface area contributed by atoms with Crippen LogP contribution in [0.4, 0.5) is 0 Å². The predicted octanol–water partition coefficient (Wildman–Crippen LogP) is 25.3. The minimum Gasteiger partial charge on any atom is -0.309 e. The van der Waals surface area contributed by atoms with Gasteiger partial charge in [0.2, 0.25) is 0 Å². The van der Waals surface area contributed by atoms with Gasteiger partial charge in [-0.1, -0.05) is 228 Å². The fraction of sp³-hybridized carbons (Fsp3) is 0.0625. The molecule has 2 aliphatic carbocycles. The summed E-state index contributed by atoms with van der Waals surface area (Å²) in [6.07, 6.45) is 0. The average molecular weight is 1390 g/mol. The maximum Gasteiger partial charge on any atom is 0.164 e. The standard InChI is InChI=1S/C96H62N8S2/c1-95(2)76-33-13-8-27-65(76)67-45-41-60(49-78(67)95)93-100-90(56-39-43-62(44-40-56)103-80-35-15-10-29-68(80)73-51-72-66-28-9-14-34-77(66)96(3,4)79(72)53-82(73)103)99-91(101-93)58-24-18-23-57(47-58)64-32-20-36-81-88(64)75-52-74-70-31-12-17-38-85(70)106-87(74)54-83(75)104(81)63-26-19-25-59(48-63)92-97-89(55-21-6-5-7-22-55)98-94(102-92)61-42-46-71-69-30-11-16-37-84(69)105-86(71)50-61/h5-54H,1-4H3. The lowest BCUT2D eigenvalue weighted by Crippen LogP contribution is -2.15. The van der Waals surface area contributed by atoms with Crippen molar-refractivity contribution in [3.8, 4) is 113 Å². The van der Waals surface area contributed by atoms with E-state index in [-0.39, 0.29) is 10.8 Å². The van der Waals surface area contributed by atoms with Crippen LogP contribution in [0.3, 0.4) is 0 Å². The Morgan fingerprint density at radius 1 is 0.226 bits per heavy atom. The van der Waals surface area contributed by atoms with E-state index >= 15 is 0 Å². The smallest absolute Gasteiger partial charge is 0.164 e. The number of fused-ring (bicyclic) bond motifs is 18. The number of hydrogen-bond acceptors (Lipinski definition) is 8. The molecule has 0 unspecified atom stereocenters. The minimum atomic E-state index is -0.228. The van der Waals surface area contributed by atoms with Crippen LogP contribution in [0.2, 0.25) is 0 Å². The fourth-order valence-corrected chi connectivity index (χ4v) is 19.7. The maximum absolute atomic E-state index is 5.51. The summed E-state index contributed by atoms with van der Waals surface area (Å²) in [5.74, 6) is 3.63. The van der Waals surface area contributed by atoms with Gasteiger partial charge in [0.15, 0.2) is 34.9 Å². The van der Waals surface area contributed by atoms with E-state index in [9.17, 15) is 0 Å². The molecule has 0 aliphatic heterocycles. The zero-order valence-corrected chi connectivity index (χ0v) is 59.9. The third kappa shape index (κ3) is 9.17. The summed E-state index contributed by atoms with van der Waals surface area (Å²) in [7, 11) is 0. The SMILES string of the molecule is CC1(C)c2ccccc2-c2ccc(-c3nc(-c4ccc(-n5c6ccccc6c6cc7c(cc65)C(C)(C)c5ccccc5-7)cc4)nc(-c4cccc(-c5cccc6c5c5cc7c(cc5n6-c5cccc(-c6nc(-c8ccccc8)nc(-c8ccc9c(c8)sc8ccccc89)n6)c5)sc5ccccc57)c4)n3)cc21. The summed E-state index contributed by atoms with van der Waals surface area (Å²) in [6, 6.07) is 110. The van der Waals surface area contributed by atoms with E-state index in [0.717, 1.165) is 83.2 Å². The average Bonchev–Trinajstić information content (AvgIpc) is 1.56. The second-order valence-electron chi connectivity index (χ2n) is 29.3. The van der Waals surface area contributed by atoms with Gasteiger partial charge in [0.1, 0.15) is 0 Å². The van der Waals surface area contributed by atoms with Crippen molar-refractivity contribution < 1.29 is 0 Å². The number of hydrogen-bond donors (Lipinski definition) is 0. The van der Waals surface area contributed by atoms with Crippen LogP contribution in [0.25, 0.3) is 197 Å². The summed E-state index contributed by atoms with van der Waals surface area (Å²) >= 11 is 3.63. The molecule has 498 valence electrons. The van der Waals surface area contributed by atoms with Crippen molar-refractivity contribution in [2.24, 2.45) is 0 Å². The first-order valence-electron chi connectivity index (χ1n) is 36.1. The summed E-state index contributed by atoms with van der Waals surface area (Å²) in [5, 5.41) is 9.72. The van der Waals surface area contributed by atoms with Gasteiger partial charge in [0.05, 0.1) is 22.1 Å². The molecule has 0 saturated heterocycles. The van der Waals surface area contributed by atoms with Crippen molar-refractivity contribution in [1.29, 1.82) is 0 Å². The van der Waals surface area contributed by atoms with Crippen LogP contribution in [-0.2, 0) is 10.8 Å². The number of rotatable bonds is 9. The first-order chi connectivity index (χ1) is 52.0. The maximum atomic E-state index is 5.51. The Labute approximate surface area is 618 Å². The van der Waals surface area contributed by atoms with Crippen molar-refractivity contribution in [3.05, 3.63) is 326 Å². The van der Waals surface area contributed by atoms with Gasteiger partial charge < -0.3 is 9.13 Å². The van der Waals surface area contributed by atoms with Crippen molar-refractivity contribution in [3.63, 3.8) is 0 Å². The molecule has 0 N–H and O–H groups in total. The van der Waals surface area contributed by atoms with Crippen molar-refractivity contribution in [1.82, 2.24) is 39.0 Å². The molecule has 20 aromatic rings. The molecule has 0 bridgehead atoms. The monoisotopic (exact) mass is 1390 g/mol. The zero-order valence-electron chi connectivity index (χ0n) is 58.3. The fourth-order valence-electron chi connectivity index (χ4n) is 17.4. The van der Waals surface area contributed by atoms with Gasteiger partial charge in [-0.15, -0.1) is 22.7 Å². The Morgan fingerprint density at radius 2 is 0.679 bits per heavy atom. The Balaban J connectivity index is 0.694. The Kier molecular flexibility index (Phi) is 13.1. The van der Waals surface area contributed by atoms with Crippen LogP contribution in [0.5, 0.6) is 0 Å². The highest BCUT2D eigenvalue weighted by Gasteiger charge is 2.38. The van der Waals surface area contributed by atoms with Crippen LogP contribution < -0.4 is 0 Å². The van der Waals surface area contributed by atoms with E-state index in [2.05, 4.69) is 322 Å². The normalized spacial score (nSPS) is 13.4. The summed E-state index contributed by atoms with van der Waals surface area (Å²) in [6.45, 7) is 9.37. The molecular weight excluding hydrogens is 1330 g/mol. The Hall–Kier alpha value is -12.9. The van der Waals surface area contributed by atoms with Crippen LogP contribution >= 0.6 is 22.7 Å². The molecule has 0 spiro atoms. The van der Waals surface area contributed by atoms with Gasteiger partial charge in [0.25, 0.3) is 0 Å². The molecule has 14 aromatic carbocycles. The molecule has 0 fully saturated rings. The number of thiophene rings is 2. The van der Waals surface area contributed by atoms with Crippen LogP contribution in [0, 0.1) is 0 Å². The summed E-state index contributed by atoms with van der Waals surface area (Å²) in [4.78, 5) is 32.3. The number of aromatic nitrogens is 8. The van der Waals surface area contributed by atoms with E-state index < -0.39 is 0 Å². The molecule has 0 radical (unpaired) electrons. The van der Waals surface area contributed by atoms with E-state index in [1.165, 1.54) is 101 Å². The molecule has 6 heterocycles. The minimum absolute atomic E-state index is 0.149. The van der Waals surface area contributed by atoms with E-state index in [4.69, 9.17) is 29.9 Å². The molecule has 0 atom stereocenters. The second-order valence-corrected chi connectivity index (χ2v) is 31.5. The van der Waals surface area contributed by atoms with Crippen molar-refractivity contribution in [2.75, 3.05) is 0 Å². The van der Waals surface area contributed by atoms with E-state index in [0.29, 0.717) is 34.9 Å². The summed E-state index contributed by atoms with van der Waals surface area (Å²) in [5.41, 5.74) is 24.2. The van der Waals surface area contributed by atoms with Crippen LogP contribution in [-0.4, -0.2) is 39.0 Å². The largest absolute Gasteiger partial charge is 0.309 e. The zero-order chi connectivity index (χ0) is 70.3. The summed E-state index contributed by atoms with van der Waals surface area (Å²) < 4.78 is 9.78. The molecular formula is C96H62N8S2. The topological polar surface area (TPSA) is 87.2 Å². The highest BCUT2D eigenvalue weighted by Crippen LogP contribution is 2.53.